The quantitative estimate of drug-likeness (QED) is 0.653. The fourth-order valence-electron chi connectivity index (χ4n) is 1.41. The molecule has 2 nitrogen and oxygen atoms in total. The maximum Gasteiger partial charge on any atom is 0.0602 e. The van der Waals surface area contributed by atoms with Gasteiger partial charge in [0.2, 0.25) is 0 Å². The van der Waals surface area contributed by atoms with Crippen LogP contribution in [0.2, 0.25) is 0 Å². The van der Waals surface area contributed by atoms with Crippen LogP contribution in [0.25, 0.3) is 0 Å². The van der Waals surface area contributed by atoms with Crippen molar-refractivity contribution in [1.29, 1.82) is 0 Å². The Labute approximate surface area is 91.9 Å². The molecule has 1 aromatic carbocycles. The smallest absolute Gasteiger partial charge is 0.0602 e. The number of benzene rings is 1. The van der Waals surface area contributed by atoms with Crippen LogP contribution in [0.1, 0.15) is 5.56 Å². The van der Waals surface area contributed by atoms with Gasteiger partial charge in [-0.2, -0.15) is 0 Å². The lowest BCUT2D eigenvalue weighted by molar-refractivity contribution is 0.152. The molecule has 0 aliphatic heterocycles. The number of rotatable bonds is 6. The summed E-state index contributed by atoms with van der Waals surface area (Å²) in [5, 5.41) is 0. The number of terminal acetylenes is 1. The molecule has 1 rings (SSSR count). The fourth-order valence-corrected chi connectivity index (χ4v) is 1.41. The Hall–Kier alpha value is -1.30. The minimum absolute atomic E-state index is 0.665. The second-order valence-electron chi connectivity index (χ2n) is 3.39. The van der Waals surface area contributed by atoms with Crippen molar-refractivity contribution in [3.63, 3.8) is 0 Å². The number of hydrogen-bond acceptors (Lipinski definition) is 2. The third-order valence-corrected chi connectivity index (χ3v) is 2.18. The summed E-state index contributed by atoms with van der Waals surface area (Å²) in [5.74, 6) is 2.67. The molecule has 0 radical (unpaired) electrons. The van der Waals surface area contributed by atoms with E-state index in [1.165, 1.54) is 5.56 Å². The maximum atomic E-state index is 5.32. The molecule has 0 N–H and O–H groups in total. The lowest BCUT2D eigenvalue weighted by atomic mass is 10.2. The van der Waals surface area contributed by atoms with Gasteiger partial charge in [0.05, 0.1) is 13.2 Å². The number of ether oxygens (including phenoxy) is 1. The first kappa shape index (κ1) is 11.8. The molecule has 0 aliphatic carbocycles. The molecule has 0 aromatic heterocycles. The number of hydrogen-bond donors (Lipinski definition) is 0. The van der Waals surface area contributed by atoms with Crippen molar-refractivity contribution in [2.45, 2.75) is 6.54 Å². The summed E-state index contributed by atoms with van der Waals surface area (Å²) in [6.45, 7) is 3.14. The highest BCUT2D eigenvalue weighted by Gasteiger charge is 2.03. The molecular weight excluding hydrogens is 186 g/mol. The molecule has 0 amide bonds. The van der Waals surface area contributed by atoms with E-state index in [1.807, 2.05) is 18.2 Å². The van der Waals surface area contributed by atoms with Gasteiger partial charge in [0.1, 0.15) is 0 Å². The van der Waals surface area contributed by atoms with E-state index in [1.54, 1.807) is 7.11 Å². The fraction of sp³-hybridized carbons (Fsp3) is 0.385. The minimum Gasteiger partial charge on any atom is -0.383 e. The SMILES string of the molecule is C#CCN(CCOC)Cc1ccccc1. The standard InChI is InChI=1S/C13H17NO/c1-3-9-14(10-11-15-2)12-13-7-5-4-6-8-13/h1,4-8H,9-12H2,2H3. The van der Waals surface area contributed by atoms with Crippen LogP contribution >= 0.6 is 0 Å². The molecule has 0 atom stereocenters. The molecular formula is C13H17NO. The van der Waals surface area contributed by atoms with Gasteiger partial charge < -0.3 is 4.74 Å². The van der Waals surface area contributed by atoms with Gasteiger partial charge in [-0.3, -0.25) is 4.90 Å². The van der Waals surface area contributed by atoms with E-state index in [2.05, 4.69) is 23.0 Å². The molecule has 0 saturated heterocycles. The van der Waals surface area contributed by atoms with Crippen LogP contribution in [-0.4, -0.2) is 31.7 Å². The lowest BCUT2D eigenvalue weighted by Gasteiger charge is -2.19. The molecule has 0 spiro atoms. The summed E-state index contributed by atoms with van der Waals surface area (Å²) < 4.78 is 5.05. The summed E-state index contributed by atoms with van der Waals surface area (Å²) in [5.41, 5.74) is 1.28. The van der Waals surface area contributed by atoms with Crippen LogP contribution in [0.3, 0.4) is 0 Å². The van der Waals surface area contributed by atoms with Crippen LogP contribution in [0.15, 0.2) is 30.3 Å². The Morgan fingerprint density at radius 3 is 2.67 bits per heavy atom. The molecule has 0 heterocycles. The van der Waals surface area contributed by atoms with Gasteiger partial charge in [-0.05, 0) is 5.56 Å². The molecule has 0 bridgehead atoms. The average molecular weight is 203 g/mol. The topological polar surface area (TPSA) is 12.5 Å². The number of methoxy groups -OCH3 is 1. The van der Waals surface area contributed by atoms with Gasteiger partial charge >= 0.3 is 0 Å². The van der Waals surface area contributed by atoms with Crippen molar-refractivity contribution in [3.8, 4) is 12.3 Å². The second kappa shape index (κ2) is 7.05. The van der Waals surface area contributed by atoms with Crippen molar-refractivity contribution in [2.24, 2.45) is 0 Å². The third kappa shape index (κ3) is 4.64. The minimum atomic E-state index is 0.665. The third-order valence-electron chi connectivity index (χ3n) is 2.18. The number of nitrogens with zero attached hydrogens (tertiary/aromatic N) is 1. The summed E-state index contributed by atoms with van der Waals surface area (Å²) in [6.07, 6.45) is 5.32. The molecule has 2 heteroatoms. The van der Waals surface area contributed by atoms with Crippen LogP contribution in [-0.2, 0) is 11.3 Å². The summed E-state index contributed by atoms with van der Waals surface area (Å²) >= 11 is 0. The van der Waals surface area contributed by atoms with Crippen molar-refractivity contribution in [1.82, 2.24) is 4.90 Å². The van der Waals surface area contributed by atoms with E-state index in [-0.39, 0.29) is 0 Å². The van der Waals surface area contributed by atoms with E-state index in [9.17, 15) is 0 Å². The Kier molecular flexibility index (Phi) is 5.54. The van der Waals surface area contributed by atoms with Crippen molar-refractivity contribution in [3.05, 3.63) is 35.9 Å². The zero-order valence-electron chi connectivity index (χ0n) is 9.15. The average Bonchev–Trinajstić information content (AvgIpc) is 2.28. The van der Waals surface area contributed by atoms with E-state index >= 15 is 0 Å². The largest absolute Gasteiger partial charge is 0.383 e. The first-order valence-corrected chi connectivity index (χ1v) is 5.05. The van der Waals surface area contributed by atoms with Crippen LogP contribution < -0.4 is 0 Å². The van der Waals surface area contributed by atoms with E-state index in [0.29, 0.717) is 13.2 Å². The molecule has 0 unspecified atom stereocenters. The molecule has 1 aromatic rings. The van der Waals surface area contributed by atoms with Gasteiger partial charge in [-0.25, -0.2) is 0 Å². The second-order valence-corrected chi connectivity index (χ2v) is 3.39. The predicted molar refractivity (Wildman–Crippen MR) is 62.4 cm³/mol. The van der Waals surface area contributed by atoms with E-state index in [4.69, 9.17) is 11.2 Å². The van der Waals surface area contributed by atoms with Crippen LogP contribution in [0.5, 0.6) is 0 Å². The van der Waals surface area contributed by atoms with Gasteiger partial charge in [-0.1, -0.05) is 36.3 Å². The van der Waals surface area contributed by atoms with Crippen LogP contribution in [0, 0.1) is 12.3 Å². The van der Waals surface area contributed by atoms with E-state index in [0.717, 1.165) is 13.1 Å². The monoisotopic (exact) mass is 203 g/mol. The van der Waals surface area contributed by atoms with E-state index < -0.39 is 0 Å². The maximum absolute atomic E-state index is 5.32. The summed E-state index contributed by atoms with van der Waals surface area (Å²) in [6, 6.07) is 10.3. The van der Waals surface area contributed by atoms with Crippen LogP contribution in [0.4, 0.5) is 0 Å². The normalized spacial score (nSPS) is 10.2. The highest BCUT2D eigenvalue weighted by atomic mass is 16.5. The Bertz CT molecular complexity index is 302. The Balaban J connectivity index is 2.47. The lowest BCUT2D eigenvalue weighted by Crippen LogP contribution is -2.27. The van der Waals surface area contributed by atoms with Gasteiger partial charge in [0.25, 0.3) is 0 Å². The molecule has 0 fully saturated rings. The molecule has 0 aliphatic rings. The predicted octanol–water partition coefficient (Wildman–Crippen LogP) is 1.77. The van der Waals surface area contributed by atoms with Gasteiger partial charge in [-0.15, -0.1) is 6.42 Å². The van der Waals surface area contributed by atoms with Gasteiger partial charge in [0, 0.05) is 20.2 Å². The zero-order chi connectivity index (χ0) is 10.9. The Morgan fingerprint density at radius 1 is 1.33 bits per heavy atom. The Morgan fingerprint density at radius 2 is 2.07 bits per heavy atom. The molecule has 15 heavy (non-hydrogen) atoms. The zero-order valence-corrected chi connectivity index (χ0v) is 9.15. The molecule has 80 valence electrons. The van der Waals surface area contributed by atoms with Crippen molar-refractivity contribution >= 4 is 0 Å². The summed E-state index contributed by atoms with van der Waals surface area (Å²) in [7, 11) is 1.70. The van der Waals surface area contributed by atoms with Crippen molar-refractivity contribution < 1.29 is 4.74 Å². The highest BCUT2D eigenvalue weighted by molar-refractivity contribution is 5.14. The van der Waals surface area contributed by atoms with Gasteiger partial charge in [0.15, 0.2) is 0 Å². The summed E-state index contributed by atoms with van der Waals surface area (Å²) in [4.78, 5) is 2.19. The molecule has 0 saturated carbocycles. The van der Waals surface area contributed by atoms with Crippen molar-refractivity contribution in [2.75, 3.05) is 26.8 Å². The first-order valence-electron chi connectivity index (χ1n) is 5.05. The highest BCUT2D eigenvalue weighted by Crippen LogP contribution is 2.03. The first-order chi connectivity index (χ1) is 7.36.